The third-order valence-corrected chi connectivity index (χ3v) is 6.18. The lowest BCUT2D eigenvalue weighted by molar-refractivity contribution is -0.132. The highest BCUT2D eigenvalue weighted by Crippen LogP contribution is 2.32. The van der Waals surface area contributed by atoms with Crippen LogP contribution in [-0.2, 0) is 11.3 Å². The fourth-order valence-electron chi connectivity index (χ4n) is 3.79. The second-order valence-electron chi connectivity index (χ2n) is 6.84. The number of piperidine rings is 1. The molecule has 6 nitrogen and oxygen atoms in total. The molecule has 1 fully saturated rings. The first-order valence-electron chi connectivity index (χ1n) is 8.98. The molecule has 136 valence electrons. The molecule has 4 rings (SSSR count). The second-order valence-corrected chi connectivity index (χ2v) is 7.66. The van der Waals surface area contributed by atoms with Gasteiger partial charge < -0.3 is 14.5 Å². The van der Waals surface area contributed by atoms with Gasteiger partial charge in [-0.05, 0) is 43.4 Å². The standard InChI is InChI=1S/C19H22N4O2S/c1-13-12-26-19(25)23(13)10-6-17(24)22-8-4-14(5-9-22)16-11-21-18-15(16)3-2-7-20-18/h2-3,7,11-12,14H,4-6,8-10H2,1H3,(H,20,21). The normalized spacial score (nSPS) is 15.7. The van der Waals surface area contributed by atoms with Crippen LogP contribution in [0.1, 0.15) is 36.4 Å². The number of aryl methyl sites for hydroxylation is 1. The van der Waals surface area contributed by atoms with Crippen molar-refractivity contribution in [1.29, 1.82) is 0 Å². The fourth-order valence-corrected chi connectivity index (χ4v) is 4.56. The molecular weight excluding hydrogens is 348 g/mol. The SMILES string of the molecule is Cc1csc(=O)n1CCC(=O)N1CCC(c2c[nH]c3ncccc23)CC1. The van der Waals surface area contributed by atoms with Crippen LogP contribution in [0.15, 0.2) is 34.7 Å². The maximum atomic E-state index is 12.5. The van der Waals surface area contributed by atoms with Crippen LogP contribution in [0.2, 0.25) is 0 Å². The first-order chi connectivity index (χ1) is 12.6. The van der Waals surface area contributed by atoms with Gasteiger partial charge in [-0.25, -0.2) is 4.98 Å². The average molecular weight is 370 g/mol. The van der Waals surface area contributed by atoms with Gasteiger partial charge in [-0.1, -0.05) is 11.3 Å². The molecule has 0 aliphatic carbocycles. The van der Waals surface area contributed by atoms with E-state index >= 15 is 0 Å². The minimum atomic E-state index is 0.0157. The van der Waals surface area contributed by atoms with Gasteiger partial charge in [0.05, 0.1) is 0 Å². The lowest BCUT2D eigenvalue weighted by Gasteiger charge is -2.32. The van der Waals surface area contributed by atoms with Crippen molar-refractivity contribution in [2.45, 2.75) is 38.6 Å². The minimum absolute atomic E-state index is 0.0157. The summed E-state index contributed by atoms with van der Waals surface area (Å²) < 4.78 is 1.69. The van der Waals surface area contributed by atoms with Crippen LogP contribution in [0.25, 0.3) is 11.0 Å². The van der Waals surface area contributed by atoms with Crippen LogP contribution in [0, 0.1) is 6.92 Å². The molecule has 1 N–H and O–H groups in total. The summed E-state index contributed by atoms with van der Waals surface area (Å²) in [5.41, 5.74) is 3.16. The van der Waals surface area contributed by atoms with E-state index in [2.05, 4.69) is 22.2 Å². The maximum absolute atomic E-state index is 12.5. The summed E-state index contributed by atoms with van der Waals surface area (Å²) in [4.78, 5) is 33.8. The molecule has 0 saturated carbocycles. The third kappa shape index (κ3) is 3.19. The molecule has 3 aromatic heterocycles. The number of rotatable bonds is 4. The fraction of sp³-hybridized carbons (Fsp3) is 0.421. The van der Waals surface area contributed by atoms with Crippen molar-refractivity contribution in [1.82, 2.24) is 19.4 Å². The van der Waals surface area contributed by atoms with Gasteiger partial charge in [0.1, 0.15) is 5.65 Å². The maximum Gasteiger partial charge on any atom is 0.307 e. The Bertz CT molecular complexity index is 979. The van der Waals surface area contributed by atoms with Crippen LogP contribution in [0.3, 0.4) is 0 Å². The Morgan fingerprint density at radius 2 is 2.19 bits per heavy atom. The number of hydrogen-bond acceptors (Lipinski definition) is 4. The summed E-state index contributed by atoms with van der Waals surface area (Å²) in [7, 11) is 0. The van der Waals surface area contributed by atoms with E-state index in [-0.39, 0.29) is 10.8 Å². The molecule has 7 heteroatoms. The van der Waals surface area contributed by atoms with E-state index in [1.165, 1.54) is 22.3 Å². The van der Waals surface area contributed by atoms with E-state index in [4.69, 9.17) is 0 Å². The number of amides is 1. The first-order valence-corrected chi connectivity index (χ1v) is 9.86. The Kier molecular flexibility index (Phi) is 4.63. The van der Waals surface area contributed by atoms with Crippen molar-refractivity contribution in [3.05, 3.63) is 50.8 Å². The Morgan fingerprint density at radius 3 is 2.92 bits per heavy atom. The number of fused-ring (bicyclic) bond motifs is 1. The molecule has 1 aliphatic rings. The minimum Gasteiger partial charge on any atom is -0.346 e. The van der Waals surface area contributed by atoms with Gasteiger partial charge in [-0.3, -0.25) is 9.59 Å². The Labute approximate surface area is 155 Å². The van der Waals surface area contributed by atoms with Crippen LogP contribution in [0.5, 0.6) is 0 Å². The molecule has 4 heterocycles. The van der Waals surface area contributed by atoms with E-state index < -0.39 is 0 Å². The van der Waals surface area contributed by atoms with Gasteiger partial charge in [-0.15, -0.1) is 0 Å². The molecule has 3 aromatic rings. The van der Waals surface area contributed by atoms with Crippen molar-refractivity contribution in [2.24, 2.45) is 0 Å². The highest BCUT2D eigenvalue weighted by Gasteiger charge is 2.25. The summed E-state index contributed by atoms with van der Waals surface area (Å²) in [6.45, 7) is 3.92. The first kappa shape index (κ1) is 17.0. The van der Waals surface area contributed by atoms with Crippen molar-refractivity contribution < 1.29 is 4.79 Å². The van der Waals surface area contributed by atoms with Gasteiger partial charge in [0.2, 0.25) is 5.91 Å². The number of carbonyl (C=O) groups excluding carboxylic acids is 1. The number of H-pyrrole nitrogens is 1. The predicted molar refractivity (Wildman–Crippen MR) is 103 cm³/mol. The zero-order chi connectivity index (χ0) is 18.1. The molecule has 1 amide bonds. The van der Waals surface area contributed by atoms with Gasteiger partial charge in [0.15, 0.2) is 0 Å². The largest absolute Gasteiger partial charge is 0.346 e. The summed E-state index contributed by atoms with van der Waals surface area (Å²) in [6, 6.07) is 4.07. The number of aromatic amines is 1. The molecule has 0 radical (unpaired) electrons. The molecular formula is C19H22N4O2S. The topological polar surface area (TPSA) is 71.0 Å². The second kappa shape index (κ2) is 7.07. The van der Waals surface area contributed by atoms with E-state index in [1.807, 2.05) is 23.3 Å². The Morgan fingerprint density at radius 1 is 1.38 bits per heavy atom. The zero-order valence-electron chi connectivity index (χ0n) is 14.8. The average Bonchev–Trinajstić information content (AvgIpc) is 3.23. The number of likely N-dealkylation sites (tertiary alicyclic amines) is 1. The van der Waals surface area contributed by atoms with Crippen molar-refractivity contribution in [3.63, 3.8) is 0 Å². The number of nitrogens with one attached hydrogen (secondary N) is 1. The number of aromatic nitrogens is 3. The number of nitrogens with zero attached hydrogens (tertiary/aromatic N) is 3. The summed E-state index contributed by atoms with van der Waals surface area (Å²) >= 11 is 1.19. The lowest BCUT2D eigenvalue weighted by Crippen LogP contribution is -2.38. The van der Waals surface area contributed by atoms with Crippen LogP contribution >= 0.6 is 11.3 Å². The molecule has 0 atom stereocenters. The number of thiazole rings is 1. The van der Waals surface area contributed by atoms with Gasteiger partial charge in [-0.2, -0.15) is 0 Å². The van der Waals surface area contributed by atoms with Crippen molar-refractivity contribution >= 4 is 28.3 Å². The summed E-state index contributed by atoms with van der Waals surface area (Å²) in [5, 5.41) is 3.03. The van der Waals surface area contributed by atoms with Crippen molar-refractivity contribution in [3.8, 4) is 0 Å². The molecule has 1 saturated heterocycles. The molecule has 26 heavy (non-hydrogen) atoms. The van der Waals surface area contributed by atoms with Crippen molar-refractivity contribution in [2.75, 3.05) is 13.1 Å². The summed E-state index contributed by atoms with van der Waals surface area (Å²) in [6.07, 6.45) is 6.17. The monoisotopic (exact) mass is 370 g/mol. The lowest BCUT2D eigenvalue weighted by atomic mass is 9.89. The van der Waals surface area contributed by atoms with Crippen LogP contribution in [0.4, 0.5) is 0 Å². The molecule has 0 spiro atoms. The third-order valence-electron chi connectivity index (χ3n) is 5.30. The number of hydrogen-bond donors (Lipinski definition) is 1. The zero-order valence-corrected chi connectivity index (χ0v) is 15.6. The van der Waals surface area contributed by atoms with Crippen LogP contribution < -0.4 is 4.87 Å². The molecule has 1 aliphatic heterocycles. The van der Waals surface area contributed by atoms with E-state index in [0.29, 0.717) is 18.9 Å². The van der Waals surface area contributed by atoms with E-state index in [9.17, 15) is 9.59 Å². The highest BCUT2D eigenvalue weighted by molar-refractivity contribution is 7.07. The molecule has 0 bridgehead atoms. The molecule has 0 unspecified atom stereocenters. The Hall–Kier alpha value is -2.41. The smallest absolute Gasteiger partial charge is 0.307 e. The quantitative estimate of drug-likeness (QED) is 0.768. The predicted octanol–water partition coefficient (Wildman–Crippen LogP) is 2.89. The van der Waals surface area contributed by atoms with E-state index in [1.54, 1.807) is 10.8 Å². The van der Waals surface area contributed by atoms with Gasteiger partial charge >= 0.3 is 4.87 Å². The van der Waals surface area contributed by atoms with Crippen LogP contribution in [-0.4, -0.2) is 38.4 Å². The summed E-state index contributed by atoms with van der Waals surface area (Å²) in [5.74, 6) is 0.597. The van der Waals surface area contributed by atoms with Gasteiger partial charge in [0, 0.05) is 54.9 Å². The van der Waals surface area contributed by atoms with Gasteiger partial charge in [0.25, 0.3) is 0 Å². The number of carbonyl (C=O) groups is 1. The Balaban J connectivity index is 1.36. The number of pyridine rings is 1. The molecule has 0 aromatic carbocycles. The van der Waals surface area contributed by atoms with E-state index in [0.717, 1.165) is 37.3 Å². The highest BCUT2D eigenvalue weighted by atomic mass is 32.1.